The first-order valence-electron chi connectivity index (χ1n) is 5.46. The van der Waals surface area contributed by atoms with Crippen LogP contribution in [0.5, 0.6) is 0 Å². The van der Waals surface area contributed by atoms with Crippen molar-refractivity contribution >= 4 is 5.97 Å². The van der Waals surface area contributed by atoms with Gasteiger partial charge in [0.15, 0.2) is 0 Å². The summed E-state index contributed by atoms with van der Waals surface area (Å²) in [6.07, 6.45) is 4.65. The molecule has 0 aromatic heterocycles. The Morgan fingerprint density at radius 3 is 2.64 bits per heavy atom. The second-order valence-corrected chi connectivity index (χ2v) is 4.68. The molecule has 0 saturated heterocycles. The van der Waals surface area contributed by atoms with E-state index in [2.05, 4.69) is 0 Å². The molecule has 80 valence electrons. The maximum Gasteiger partial charge on any atom is 0.308 e. The van der Waals surface area contributed by atoms with Crippen molar-refractivity contribution in [1.82, 2.24) is 0 Å². The number of hydrogen-bond donors (Lipinski definition) is 1. The van der Waals surface area contributed by atoms with Crippen LogP contribution in [0.1, 0.15) is 32.1 Å². The summed E-state index contributed by atoms with van der Waals surface area (Å²) in [5, 5.41) is 9.52. The quantitative estimate of drug-likeness (QED) is 0.647. The lowest BCUT2D eigenvalue weighted by molar-refractivity contribution is -0.145. The molecule has 0 aromatic rings. The minimum absolute atomic E-state index is 0.0612. The van der Waals surface area contributed by atoms with Gasteiger partial charge in [0.1, 0.15) is 0 Å². The van der Waals surface area contributed by atoms with Crippen molar-refractivity contribution in [3.05, 3.63) is 0 Å². The number of methoxy groups -OCH3 is 1. The van der Waals surface area contributed by atoms with Crippen LogP contribution < -0.4 is 0 Å². The van der Waals surface area contributed by atoms with Gasteiger partial charge in [-0.25, -0.2) is 0 Å². The smallest absolute Gasteiger partial charge is 0.308 e. The van der Waals surface area contributed by atoms with E-state index in [1.807, 2.05) is 0 Å². The van der Waals surface area contributed by atoms with Crippen molar-refractivity contribution < 1.29 is 14.6 Å². The lowest BCUT2D eigenvalue weighted by Gasteiger charge is -2.28. The standard InChI is InChI=1S/C11H18O3/c1-14-11(13)9-4-7-2-3-10(12)6-8(7)5-9/h7-10,12H,2-6H2,1H3/t7-,8+,9-,10-/m1/s1. The molecule has 2 rings (SSSR count). The number of aliphatic hydroxyl groups is 1. The third kappa shape index (κ3) is 1.78. The van der Waals surface area contributed by atoms with E-state index in [9.17, 15) is 9.90 Å². The Morgan fingerprint density at radius 2 is 1.93 bits per heavy atom. The van der Waals surface area contributed by atoms with Gasteiger partial charge in [-0.1, -0.05) is 0 Å². The van der Waals surface area contributed by atoms with Crippen LogP contribution in [0.25, 0.3) is 0 Å². The first kappa shape index (κ1) is 9.97. The largest absolute Gasteiger partial charge is 0.469 e. The topological polar surface area (TPSA) is 46.5 Å². The predicted octanol–water partition coefficient (Wildman–Crippen LogP) is 1.35. The predicted molar refractivity (Wildman–Crippen MR) is 51.6 cm³/mol. The fourth-order valence-corrected chi connectivity index (χ4v) is 3.09. The molecule has 2 aliphatic rings. The Labute approximate surface area is 84.4 Å². The van der Waals surface area contributed by atoms with Crippen LogP contribution in [0.2, 0.25) is 0 Å². The van der Waals surface area contributed by atoms with Crippen LogP contribution in [-0.2, 0) is 9.53 Å². The van der Waals surface area contributed by atoms with Crippen LogP contribution in [0.15, 0.2) is 0 Å². The summed E-state index contributed by atoms with van der Waals surface area (Å²) in [5.41, 5.74) is 0. The van der Waals surface area contributed by atoms with Gasteiger partial charge in [-0.3, -0.25) is 4.79 Å². The molecule has 0 heterocycles. The molecule has 1 N–H and O–H groups in total. The molecule has 2 fully saturated rings. The number of rotatable bonds is 1. The van der Waals surface area contributed by atoms with E-state index < -0.39 is 0 Å². The van der Waals surface area contributed by atoms with E-state index in [4.69, 9.17) is 4.74 Å². The summed E-state index contributed by atoms with van der Waals surface area (Å²) in [6.45, 7) is 0. The summed E-state index contributed by atoms with van der Waals surface area (Å²) in [5.74, 6) is 1.25. The first-order valence-corrected chi connectivity index (χ1v) is 5.46. The Morgan fingerprint density at radius 1 is 1.21 bits per heavy atom. The number of esters is 1. The molecule has 0 bridgehead atoms. The Kier molecular flexibility index (Phi) is 2.77. The fraction of sp³-hybridized carbons (Fsp3) is 0.909. The van der Waals surface area contributed by atoms with Gasteiger partial charge in [0.25, 0.3) is 0 Å². The average molecular weight is 198 g/mol. The molecule has 0 aromatic carbocycles. The Bertz CT molecular complexity index is 227. The second-order valence-electron chi connectivity index (χ2n) is 4.68. The molecular formula is C11H18O3. The zero-order chi connectivity index (χ0) is 10.1. The average Bonchev–Trinajstić information content (AvgIpc) is 2.59. The van der Waals surface area contributed by atoms with Crippen molar-refractivity contribution in [3.8, 4) is 0 Å². The first-order chi connectivity index (χ1) is 6.70. The van der Waals surface area contributed by atoms with Gasteiger partial charge in [-0.15, -0.1) is 0 Å². The number of fused-ring (bicyclic) bond motifs is 1. The van der Waals surface area contributed by atoms with Crippen molar-refractivity contribution in [2.75, 3.05) is 7.11 Å². The van der Waals surface area contributed by atoms with Gasteiger partial charge in [0, 0.05) is 0 Å². The zero-order valence-electron chi connectivity index (χ0n) is 8.61. The van der Waals surface area contributed by atoms with Crippen LogP contribution >= 0.6 is 0 Å². The maximum absolute atomic E-state index is 11.4. The molecule has 4 atom stereocenters. The summed E-state index contributed by atoms with van der Waals surface area (Å²) >= 11 is 0. The number of hydrogen-bond acceptors (Lipinski definition) is 3. The van der Waals surface area contributed by atoms with E-state index in [0.717, 1.165) is 32.1 Å². The van der Waals surface area contributed by atoms with Crippen molar-refractivity contribution in [3.63, 3.8) is 0 Å². The molecule has 3 nitrogen and oxygen atoms in total. The number of aliphatic hydroxyl groups excluding tert-OH is 1. The molecule has 0 amide bonds. The van der Waals surface area contributed by atoms with Crippen LogP contribution in [0.4, 0.5) is 0 Å². The van der Waals surface area contributed by atoms with E-state index in [-0.39, 0.29) is 18.0 Å². The summed E-state index contributed by atoms with van der Waals surface area (Å²) in [7, 11) is 1.46. The minimum atomic E-state index is -0.132. The van der Waals surface area contributed by atoms with Crippen LogP contribution in [-0.4, -0.2) is 24.3 Å². The molecule has 14 heavy (non-hydrogen) atoms. The molecular weight excluding hydrogens is 180 g/mol. The lowest BCUT2D eigenvalue weighted by atomic mass is 9.80. The highest BCUT2D eigenvalue weighted by molar-refractivity contribution is 5.72. The van der Waals surface area contributed by atoms with Crippen molar-refractivity contribution in [2.45, 2.75) is 38.2 Å². The summed E-state index contributed by atoms with van der Waals surface area (Å²) < 4.78 is 4.77. The Hall–Kier alpha value is -0.570. The molecule has 0 radical (unpaired) electrons. The van der Waals surface area contributed by atoms with E-state index >= 15 is 0 Å². The molecule has 0 spiro atoms. The maximum atomic E-state index is 11.4. The number of carbonyl (C=O) groups is 1. The normalized spacial score (nSPS) is 41.9. The van der Waals surface area contributed by atoms with Gasteiger partial charge >= 0.3 is 5.97 Å². The SMILES string of the molecule is COC(=O)[C@@H]1C[C@H]2CC[C@@H](O)C[C@@H]2C1. The van der Waals surface area contributed by atoms with E-state index in [1.165, 1.54) is 7.11 Å². The lowest BCUT2D eigenvalue weighted by Crippen LogP contribution is -2.23. The molecule has 0 unspecified atom stereocenters. The monoisotopic (exact) mass is 198 g/mol. The Balaban J connectivity index is 1.95. The third-order valence-corrected chi connectivity index (χ3v) is 3.82. The van der Waals surface area contributed by atoms with Gasteiger partial charge < -0.3 is 9.84 Å². The molecule has 2 saturated carbocycles. The highest BCUT2D eigenvalue weighted by atomic mass is 16.5. The number of ether oxygens (including phenoxy) is 1. The van der Waals surface area contributed by atoms with Gasteiger partial charge in [-0.05, 0) is 43.9 Å². The van der Waals surface area contributed by atoms with E-state index in [1.54, 1.807) is 0 Å². The summed E-state index contributed by atoms with van der Waals surface area (Å²) in [6, 6.07) is 0. The molecule has 0 aliphatic heterocycles. The highest BCUT2D eigenvalue weighted by Gasteiger charge is 2.41. The summed E-state index contributed by atoms with van der Waals surface area (Å²) in [4.78, 5) is 11.4. The van der Waals surface area contributed by atoms with Crippen molar-refractivity contribution in [1.29, 1.82) is 0 Å². The van der Waals surface area contributed by atoms with Gasteiger partial charge in [0.05, 0.1) is 19.1 Å². The van der Waals surface area contributed by atoms with Crippen LogP contribution in [0.3, 0.4) is 0 Å². The third-order valence-electron chi connectivity index (χ3n) is 3.82. The minimum Gasteiger partial charge on any atom is -0.469 e. The van der Waals surface area contributed by atoms with Crippen molar-refractivity contribution in [2.24, 2.45) is 17.8 Å². The van der Waals surface area contributed by atoms with E-state index in [0.29, 0.717) is 11.8 Å². The second kappa shape index (κ2) is 3.89. The molecule has 2 aliphatic carbocycles. The zero-order valence-corrected chi connectivity index (χ0v) is 8.61. The fourth-order valence-electron chi connectivity index (χ4n) is 3.09. The van der Waals surface area contributed by atoms with Crippen LogP contribution in [0, 0.1) is 17.8 Å². The van der Waals surface area contributed by atoms with Gasteiger partial charge in [0.2, 0.25) is 0 Å². The molecule has 3 heteroatoms. The number of carbonyl (C=O) groups excluding carboxylic acids is 1. The highest BCUT2D eigenvalue weighted by Crippen LogP contribution is 2.45. The van der Waals surface area contributed by atoms with Gasteiger partial charge in [-0.2, -0.15) is 0 Å².